The molecule has 2 N–H and O–H groups in total. The molecule has 1 aromatic heterocycles. The highest BCUT2D eigenvalue weighted by molar-refractivity contribution is 5.48. The summed E-state index contributed by atoms with van der Waals surface area (Å²) in [5, 5.41) is 11.5. The van der Waals surface area contributed by atoms with E-state index in [1.165, 1.54) is 4.68 Å². The summed E-state index contributed by atoms with van der Waals surface area (Å²) in [5.74, 6) is -0.765. The average Bonchev–Trinajstić information content (AvgIpc) is 3.16. The molecule has 1 fully saturated rings. The lowest BCUT2D eigenvalue weighted by Gasteiger charge is -2.35. The first-order valence-electron chi connectivity index (χ1n) is 10.5. The summed E-state index contributed by atoms with van der Waals surface area (Å²) in [4.78, 5) is 0. The lowest BCUT2D eigenvalue weighted by molar-refractivity contribution is -0.0439. The third-order valence-electron chi connectivity index (χ3n) is 6.27. The molecule has 0 spiro atoms. The number of hydrogen-bond acceptors (Lipinski definition) is 5. The number of benzene rings is 1. The van der Waals surface area contributed by atoms with Gasteiger partial charge in [-0.1, -0.05) is 6.07 Å². The summed E-state index contributed by atoms with van der Waals surface area (Å²) in [6.07, 6.45) is 2.16. The van der Waals surface area contributed by atoms with Gasteiger partial charge < -0.3 is 20.1 Å². The Labute approximate surface area is 175 Å². The van der Waals surface area contributed by atoms with Crippen molar-refractivity contribution < 1.29 is 18.3 Å². The number of aromatic nitrogens is 2. The maximum absolute atomic E-state index is 14.6. The fourth-order valence-corrected chi connectivity index (χ4v) is 4.63. The SMILES string of the molecule is COc1ccc(C2CC(C(C)(F)F)n3nc(C4CCNC(C)C4)cc3N2)cc1OC. The first-order chi connectivity index (χ1) is 14.3. The van der Waals surface area contributed by atoms with Crippen molar-refractivity contribution in [3.05, 3.63) is 35.5 Å². The Kier molecular flexibility index (Phi) is 5.61. The molecular weight excluding hydrogens is 390 g/mol. The monoisotopic (exact) mass is 420 g/mol. The van der Waals surface area contributed by atoms with Crippen LogP contribution >= 0.6 is 0 Å². The van der Waals surface area contributed by atoms with Crippen LogP contribution in [0.25, 0.3) is 0 Å². The van der Waals surface area contributed by atoms with Crippen molar-refractivity contribution in [1.82, 2.24) is 15.1 Å². The molecule has 4 rings (SSSR count). The Morgan fingerprint density at radius 3 is 2.57 bits per heavy atom. The normalized spacial score (nSPS) is 26.6. The molecule has 4 unspecified atom stereocenters. The predicted molar refractivity (Wildman–Crippen MR) is 112 cm³/mol. The minimum Gasteiger partial charge on any atom is -0.493 e. The van der Waals surface area contributed by atoms with Gasteiger partial charge in [-0.3, -0.25) is 0 Å². The molecule has 3 heterocycles. The van der Waals surface area contributed by atoms with Crippen LogP contribution in [0.5, 0.6) is 11.5 Å². The molecule has 0 saturated carbocycles. The molecule has 4 atom stereocenters. The van der Waals surface area contributed by atoms with Gasteiger partial charge in [-0.15, -0.1) is 0 Å². The van der Waals surface area contributed by atoms with Crippen molar-refractivity contribution in [2.45, 2.75) is 63.1 Å². The highest BCUT2D eigenvalue weighted by Gasteiger charge is 2.43. The van der Waals surface area contributed by atoms with Crippen molar-refractivity contribution in [1.29, 1.82) is 0 Å². The third-order valence-corrected chi connectivity index (χ3v) is 6.27. The number of anilines is 1. The second-order valence-corrected chi connectivity index (χ2v) is 8.49. The van der Waals surface area contributed by atoms with Crippen LogP contribution in [0.4, 0.5) is 14.6 Å². The van der Waals surface area contributed by atoms with Gasteiger partial charge in [0.1, 0.15) is 11.9 Å². The number of rotatable bonds is 5. The smallest absolute Gasteiger partial charge is 0.267 e. The summed E-state index contributed by atoms with van der Waals surface area (Å²) in [5.41, 5.74) is 1.78. The van der Waals surface area contributed by atoms with E-state index in [9.17, 15) is 8.78 Å². The Balaban J connectivity index is 1.67. The summed E-state index contributed by atoms with van der Waals surface area (Å²) in [6.45, 7) is 4.05. The summed E-state index contributed by atoms with van der Waals surface area (Å²) >= 11 is 0. The van der Waals surface area contributed by atoms with Crippen molar-refractivity contribution in [2.24, 2.45) is 0 Å². The number of alkyl halides is 2. The predicted octanol–water partition coefficient (Wildman–Crippen LogP) is 4.51. The lowest BCUT2D eigenvalue weighted by Crippen LogP contribution is -2.36. The Morgan fingerprint density at radius 2 is 1.90 bits per heavy atom. The van der Waals surface area contributed by atoms with E-state index in [0.717, 1.165) is 37.6 Å². The van der Waals surface area contributed by atoms with Crippen LogP contribution in [0.3, 0.4) is 0 Å². The van der Waals surface area contributed by atoms with Gasteiger partial charge in [-0.25, -0.2) is 13.5 Å². The molecule has 30 heavy (non-hydrogen) atoms. The fraction of sp³-hybridized carbons (Fsp3) is 0.591. The molecule has 0 aliphatic carbocycles. The van der Waals surface area contributed by atoms with E-state index in [1.807, 2.05) is 24.3 Å². The van der Waals surface area contributed by atoms with Gasteiger partial charge in [0.25, 0.3) is 5.92 Å². The van der Waals surface area contributed by atoms with Gasteiger partial charge in [0.05, 0.1) is 26.0 Å². The fourth-order valence-electron chi connectivity index (χ4n) is 4.63. The number of nitrogens with zero attached hydrogens (tertiary/aromatic N) is 2. The standard InChI is InChI=1S/C22H30F2N4O2/c1-13-9-15(7-8-25-13)17-12-21-26-16(11-20(22(2,23)24)28(21)27-17)14-5-6-18(29-3)19(10-14)30-4/h5-6,10,12-13,15-16,20,25-26H,7-9,11H2,1-4H3. The zero-order valence-electron chi connectivity index (χ0n) is 17.9. The lowest BCUT2D eigenvalue weighted by atomic mass is 9.90. The zero-order valence-corrected chi connectivity index (χ0v) is 17.9. The summed E-state index contributed by atoms with van der Waals surface area (Å²) in [7, 11) is 3.14. The number of halogens is 2. The van der Waals surface area contributed by atoms with E-state index in [1.54, 1.807) is 14.2 Å². The summed E-state index contributed by atoms with van der Waals surface area (Å²) < 4.78 is 41.4. The van der Waals surface area contributed by atoms with Gasteiger partial charge in [0, 0.05) is 31.4 Å². The molecule has 2 aliphatic rings. The van der Waals surface area contributed by atoms with Crippen LogP contribution in [-0.4, -0.2) is 42.5 Å². The van der Waals surface area contributed by atoms with Gasteiger partial charge in [0.2, 0.25) is 0 Å². The van der Waals surface area contributed by atoms with E-state index in [2.05, 4.69) is 22.7 Å². The minimum atomic E-state index is -2.89. The van der Waals surface area contributed by atoms with Crippen LogP contribution in [0.2, 0.25) is 0 Å². The molecule has 0 amide bonds. The summed E-state index contributed by atoms with van der Waals surface area (Å²) in [6, 6.07) is 6.62. The Hall–Kier alpha value is -2.35. The third kappa shape index (κ3) is 3.97. The second kappa shape index (κ2) is 8.06. The number of ether oxygens (including phenoxy) is 2. The number of piperidine rings is 1. The van der Waals surface area contributed by atoms with Crippen molar-refractivity contribution in [2.75, 3.05) is 26.1 Å². The highest BCUT2D eigenvalue weighted by atomic mass is 19.3. The number of fused-ring (bicyclic) bond motifs is 1. The maximum Gasteiger partial charge on any atom is 0.267 e. The highest BCUT2D eigenvalue weighted by Crippen LogP contribution is 2.45. The van der Waals surface area contributed by atoms with Crippen LogP contribution in [0, 0.1) is 0 Å². The topological polar surface area (TPSA) is 60.3 Å². The minimum absolute atomic E-state index is 0.232. The van der Waals surface area contributed by atoms with Crippen LogP contribution in [0.15, 0.2) is 24.3 Å². The van der Waals surface area contributed by atoms with Gasteiger partial charge in [0.15, 0.2) is 11.5 Å². The molecule has 164 valence electrons. The van der Waals surface area contributed by atoms with E-state index >= 15 is 0 Å². The number of hydrogen-bond donors (Lipinski definition) is 2. The van der Waals surface area contributed by atoms with E-state index in [-0.39, 0.29) is 18.4 Å². The average molecular weight is 421 g/mol. The molecular formula is C22H30F2N4O2. The maximum atomic E-state index is 14.6. The van der Waals surface area contributed by atoms with Gasteiger partial charge in [-0.2, -0.15) is 5.10 Å². The van der Waals surface area contributed by atoms with Crippen molar-refractivity contribution >= 4 is 5.82 Å². The first-order valence-corrected chi connectivity index (χ1v) is 10.5. The molecule has 8 heteroatoms. The zero-order chi connectivity index (χ0) is 21.5. The quantitative estimate of drug-likeness (QED) is 0.745. The molecule has 0 bridgehead atoms. The molecule has 6 nitrogen and oxygen atoms in total. The van der Waals surface area contributed by atoms with Gasteiger partial charge in [-0.05, 0) is 44.0 Å². The Bertz CT molecular complexity index is 896. The van der Waals surface area contributed by atoms with Crippen LogP contribution in [0.1, 0.15) is 62.4 Å². The molecule has 1 saturated heterocycles. The van der Waals surface area contributed by atoms with Crippen molar-refractivity contribution in [3.63, 3.8) is 0 Å². The van der Waals surface area contributed by atoms with Crippen LogP contribution in [-0.2, 0) is 0 Å². The number of nitrogens with one attached hydrogen (secondary N) is 2. The largest absolute Gasteiger partial charge is 0.493 e. The number of methoxy groups -OCH3 is 2. The van der Waals surface area contributed by atoms with E-state index in [0.29, 0.717) is 23.4 Å². The molecule has 2 aromatic rings. The first kappa shape index (κ1) is 20.9. The Morgan fingerprint density at radius 1 is 1.13 bits per heavy atom. The van der Waals surface area contributed by atoms with E-state index in [4.69, 9.17) is 9.47 Å². The van der Waals surface area contributed by atoms with Crippen LogP contribution < -0.4 is 20.1 Å². The molecule has 2 aliphatic heterocycles. The van der Waals surface area contributed by atoms with Gasteiger partial charge >= 0.3 is 0 Å². The molecule has 1 aromatic carbocycles. The van der Waals surface area contributed by atoms with E-state index < -0.39 is 12.0 Å². The molecule has 0 radical (unpaired) electrons. The van der Waals surface area contributed by atoms with Crippen molar-refractivity contribution in [3.8, 4) is 11.5 Å². The second-order valence-electron chi connectivity index (χ2n) is 8.49.